The summed E-state index contributed by atoms with van der Waals surface area (Å²) in [6, 6.07) is 20.9. The number of azo groups is 1. The molecule has 274 valence electrons. The third-order valence-corrected chi connectivity index (χ3v) is 8.01. The normalized spacial score (nSPS) is 17.9. The van der Waals surface area contributed by atoms with Gasteiger partial charge in [-0.2, -0.15) is 5.11 Å². The summed E-state index contributed by atoms with van der Waals surface area (Å²) < 4.78 is 40.8. The predicted octanol–water partition coefficient (Wildman–Crippen LogP) is 7.22. The van der Waals surface area contributed by atoms with Gasteiger partial charge in [0.1, 0.15) is 29.5 Å². The second-order valence-electron chi connectivity index (χ2n) is 11.4. The van der Waals surface area contributed by atoms with Crippen molar-refractivity contribution in [2.24, 2.45) is 10.2 Å². The van der Waals surface area contributed by atoms with E-state index in [4.69, 9.17) is 33.2 Å². The Morgan fingerprint density at radius 2 is 1.19 bits per heavy atom. The van der Waals surface area contributed by atoms with Crippen LogP contribution < -0.4 is 9.47 Å². The standard InChI is InChI=1S/C36H38N4O12/c1-46-30-8-3-24(4-9-30)34-22-49-20-26-17-28(37-38-32-12-7-29(39(42)43)19-33(32)40(44)45)18-27(36(26)41)21-50-23-35(52-16-14-48-13-15-51-34)25-5-10-31(47-2)11-6-25/h3-12,17-19,34-35,41H,13-16,20-23H2,1-2H3/t34-,35?/m1/s1. The lowest BCUT2D eigenvalue weighted by molar-refractivity contribution is -0.393. The van der Waals surface area contributed by atoms with Crippen molar-refractivity contribution in [3.8, 4) is 17.2 Å². The Hall–Kier alpha value is -5.52. The minimum absolute atomic E-state index is 0.0655. The summed E-state index contributed by atoms with van der Waals surface area (Å²) in [6.07, 6.45) is -0.973. The molecule has 2 atom stereocenters. The number of rotatable bonds is 8. The number of nitro benzene ring substituents is 2. The maximum atomic E-state index is 11.7. The van der Waals surface area contributed by atoms with Crippen LogP contribution in [0.15, 0.2) is 89.1 Å². The van der Waals surface area contributed by atoms with Crippen molar-refractivity contribution in [3.63, 3.8) is 0 Å². The number of phenolic OH excluding ortho intramolecular Hbond substituents is 1. The Bertz CT molecular complexity index is 1750. The number of hydrogen-bond donors (Lipinski definition) is 1. The van der Waals surface area contributed by atoms with Gasteiger partial charge in [0.25, 0.3) is 5.69 Å². The first-order valence-electron chi connectivity index (χ1n) is 16.2. The van der Waals surface area contributed by atoms with Gasteiger partial charge in [0.05, 0.1) is 88.7 Å². The van der Waals surface area contributed by atoms with Crippen molar-refractivity contribution in [2.75, 3.05) is 53.9 Å². The van der Waals surface area contributed by atoms with Gasteiger partial charge in [-0.3, -0.25) is 20.2 Å². The zero-order valence-corrected chi connectivity index (χ0v) is 28.5. The number of nitro groups is 2. The minimum Gasteiger partial charge on any atom is -0.507 e. The van der Waals surface area contributed by atoms with E-state index in [1.165, 1.54) is 12.1 Å². The van der Waals surface area contributed by atoms with E-state index < -0.39 is 33.4 Å². The maximum absolute atomic E-state index is 11.7. The number of methoxy groups -OCH3 is 2. The summed E-state index contributed by atoms with van der Waals surface area (Å²) >= 11 is 0. The van der Waals surface area contributed by atoms with Crippen LogP contribution in [0.2, 0.25) is 0 Å². The van der Waals surface area contributed by atoms with E-state index in [1.807, 2.05) is 48.5 Å². The second kappa shape index (κ2) is 18.6. The van der Waals surface area contributed by atoms with Crippen LogP contribution in [0.4, 0.5) is 22.7 Å². The molecule has 1 N–H and O–H groups in total. The average Bonchev–Trinajstić information content (AvgIpc) is 3.16. The number of fused-ring (bicyclic) bond motifs is 2. The number of non-ortho nitro benzene ring substituents is 1. The van der Waals surface area contributed by atoms with Gasteiger partial charge >= 0.3 is 5.69 Å². The number of aromatic hydroxyl groups is 1. The van der Waals surface area contributed by atoms with E-state index in [2.05, 4.69) is 10.2 Å². The van der Waals surface area contributed by atoms with Crippen molar-refractivity contribution >= 4 is 22.7 Å². The Morgan fingerprint density at radius 1 is 0.673 bits per heavy atom. The number of hydrogen-bond acceptors (Lipinski definition) is 14. The molecule has 0 aromatic heterocycles. The van der Waals surface area contributed by atoms with Crippen LogP contribution in [0.3, 0.4) is 0 Å². The zero-order chi connectivity index (χ0) is 36.9. The highest BCUT2D eigenvalue weighted by Gasteiger charge is 2.21. The van der Waals surface area contributed by atoms with E-state index >= 15 is 0 Å². The second-order valence-corrected chi connectivity index (χ2v) is 11.4. The molecule has 2 bridgehead atoms. The SMILES string of the molecule is COc1ccc(C2COCc3cc(N=Nc4ccc([N+](=O)[O-])cc4[N+](=O)[O-])cc(c3O)COC[C@H](c3ccc(OC)cc3)OCCOCCO2)cc1. The fraction of sp³-hybridized carbons (Fsp3) is 0.333. The Labute approximate surface area is 298 Å². The molecule has 1 heterocycles. The van der Waals surface area contributed by atoms with E-state index in [0.717, 1.165) is 29.3 Å². The summed E-state index contributed by atoms with van der Waals surface area (Å²) in [5, 5.41) is 42.4. The van der Waals surface area contributed by atoms with Crippen LogP contribution in [0.25, 0.3) is 0 Å². The first-order valence-corrected chi connectivity index (χ1v) is 16.2. The molecule has 0 saturated carbocycles. The molecular formula is C36H38N4O12. The summed E-state index contributed by atoms with van der Waals surface area (Å²) in [5.74, 6) is 1.27. The molecule has 1 unspecified atom stereocenters. The molecule has 4 aromatic rings. The van der Waals surface area contributed by atoms with Crippen molar-refractivity contribution in [1.29, 1.82) is 0 Å². The van der Waals surface area contributed by atoms with Crippen LogP contribution in [-0.4, -0.2) is 68.8 Å². The average molecular weight is 719 g/mol. The quantitative estimate of drug-likeness (QED) is 0.109. The molecule has 16 nitrogen and oxygen atoms in total. The molecule has 16 heteroatoms. The molecule has 4 aromatic carbocycles. The lowest BCUT2D eigenvalue weighted by atomic mass is 10.1. The fourth-order valence-corrected chi connectivity index (χ4v) is 5.26. The third-order valence-electron chi connectivity index (χ3n) is 8.01. The molecule has 0 spiro atoms. The topological polar surface area (TPSA) is 196 Å². The number of nitrogens with zero attached hydrogens (tertiary/aromatic N) is 4. The number of ether oxygens (including phenoxy) is 7. The largest absolute Gasteiger partial charge is 0.507 e. The molecular weight excluding hydrogens is 680 g/mol. The summed E-state index contributed by atoms with van der Waals surface area (Å²) in [6.45, 7) is 1.26. The van der Waals surface area contributed by atoms with Crippen LogP contribution >= 0.6 is 0 Å². The van der Waals surface area contributed by atoms with Crippen LogP contribution in [-0.2, 0) is 36.9 Å². The molecule has 52 heavy (non-hydrogen) atoms. The summed E-state index contributed by atoms with van der Waals surface area (Å²) in [5.41, 5.74) is 1.35. The summed E-state index contributed by atoms with van der Waals surface area (Å²) in [7, 11) is 3.16. The molecule has 1 aliphatic heterocycles. The number of benzene rings is 4. The van der Waals surface area contributed by atoms with Gasteiger partial charge in [0.2, 0.25) is 0 Å². The van der Waals surface area contributed by atoms with Gasteiger partial charge in [-0.1, -0.05) is 24.3 Å². The summed E-state index contributed by atoms with van der Waals surface area (Å²) in [4.78, 5) is 21.3. The number of phenols is 1. The van der Waals surface area contributed by atoms with E-state index in [0.29, 0.717) is 35.8 Å². The monoisotopic (exact) mass is 718 g/mol. The molecule has 0 aliphatic carbocycles. The molecule has 5 rings (SSSR count). The highest BCUT2D eigenvalue weighted by Crippen LogP contribution is 2.35. The first kappa shape index (κ1) is 37.7. The van der Waals surface area contributed by atoms with Gasteiger partial charge in [-0.05, 0) is 53.6 Å². The first-order chi connectivity index (χ1) is 25.2. The molecule has 1 aliphatic rings. The Kier molecular flexibility index (Phi) is 13.5. The van der Waals surface area contributed by atoms with E-state index in [1.54, 1.807) is 14.2 Å². The van der Waals surface area contributed by atoms with E-state index in [-0.39, 0.29) is 56.8 Å². The zero-order valence-electron chi connectivity index (χ0n) is 28.5. The van der Waals surface area contributed by atoms with Crippen molar-refractivity contribution in [1.82, 2.24) is 0 Å². The van der Waals surface area contributed by atoms with Crippen molar-refractivity contribution in [3.05, 3.63) is 121 Å². The lowest BCUT2D eigenvalue weighted by Crippen LogP contribution is -2.18. The molecule has 0 amide bonds. The predicted molar refractivity (Wildman–Crippen MR) is 186 cm³/mol. The van der Waals surface area contributed by atoms with Gasteiger partial charge in [0.15, 0.2) is 5.69 Å². The van der Waals surface area contributed by atoms with Gasteiger partial charge in [-0.15, -0.1) is 5.11 Å². The Morgan fingerprint density at radius 3 is 1.65 bits per heavy atom. The van der Waals surface area contributed by atoms with Gasteiger partial charge in [0, 0.05) is 17.2 Å². The van der Waals surface area contributed by atoms with Gasteiger partial charge in [-0.25, -0.2) is 0 Å². The molecule has 0 saturated heterocycles. The lowest BCUT2D eigenvalue weighted by Gasteiger charge is -2.21. The highest BCUT2D eigenvalue weighted by atomic mass is 16.6. The van der Waals surface area contributed by atoms with Crippen molar-refractivity contribution in [2.45, 2.75) is 25.4 Å². The maximum Gasteiger partial charge on any atom is 0.303 e. The fourth-order valence-electron chi connectivity index (χ4n) is 5.26. The van der Waals surface area contributed by atoms with Crippen molar-refractivity contribution < 1.29 is 48.1 Å². The van der Waals surface area contributed by atoms with Crippen LogP contribution in [0.5, 0.6) is 17.2 Å². The minimum atomic E-state index is -0.773. The smallest absolute Gasteiger partial charge is 0.303 e. The highest BCUT2D eigenvalue weighted by molar-refractivity contribution is 5.62. The molecule has 0 radical (unpaired) electrons. The third kappa shape index (κ3) is 10.3. The Balaban J connectivity index is 1.44. The van der Waals surface area contributed by atoms with Crippen LogP contribution in [0, 0.1) is 20.2 Å². The van der Waals surface area contributed by atoms with E-state index in [9.17, 15) is 25.3 Å². The molecule has 0 fully saturated rings. The van der Waals surface area contributed by atoms with Gasteiger partial charge < -0.3 is 38.3 Å². The van der Waals surface area contributed by atoms with Crippen LogP contribution in [0.1, 0.15) is 34.5 Å².